The van der Waals surface area contributed by atoms with Crippen LogP contribution in [0, 0.1) is 0 Å². The summed E-state index contributed by atoms with van der Waals surface area (Å²) in [6.07, 6.45) is 8.81. The van der Waals surface area contributed by atoms with Crippen LogP contribution in [0.4, 0.5) is 5.69 Å². The second-order valence-electron chi connectivity index (χ2n) is 6.30. The van der Waals surface area contributed by atoms with Crippen LogP contribution in [0.15, 0.2) is 23.7 Å². The highest BCUT2D eigenvalue weighted by atomic mass is 32.1. The molecule has 2 aliphatic rings. The number of aromatic nitrogens is 1. The average molecular weight is 301 g/mol. The summed E-state index contributed by atoms with van der Waals surface area (Å²) in [7, 11) is 0. The van der Waals surface area contributed by atoms with Crippen molar-refractivity contribution in [1.29, 1.82) is 0 Å². The minimum Gasteiger partial charge on any atom is -0.369 e. The Morgan fingerprint density at radius 1 is 1.05 bits per heavy atom. The van der Waals surface area contributed by atoms with Crippen LogP contribution in [0.25, 0.3) is 10.2 Å². The fourth-order valence-corrected chi connectivity index (χ4v) is 4.74. The third kappa shape index (κ3) is 2.67. The minimum absolute atomic E-state index is 0.748. The molecule has 112 valence electrons. The summed E-state index contributed by atoms with van der Waals surface area (Å²) < 4.78 is 1.36. The first-order chi connectivity index (χ1) is 10.4. The summed E-state index contributed by atoms with van der Waals surface area (Å²) in [6, 6.07) is 5.10. The highest BCUT2D eigenvalue weighted by Gasteiger charge is 2.26. The molecule has 0 radical (unpaired) electrons. The summed E-state index contributed by atoms with van der Waals surface area (Å²) in [5, 5.41) is 2.16. The van der Waals surface area contributed by atoms with Gasteiger partial charge in [-0.1, -0.05) is 6.42 Å². The van der Waals surface area contributed by atoms with Crippen molar-refractivity contribution >= 4 is 27.2 Å². The molecule has 3 nitrogen and oxygen atoms in total. The van der Waals surface area contributed by atoms with Crippen LogP contribution in [0.2, 0.25) is 0 Å². The van der Waals surface area contributed by atoms with E-state index in [-0.39, 0.29) is 0 Å². The van der Waals surface area contributed by atoms with Crippen LogP contribution in [0.1, 0.15) is 32.1 Å². The SMILES string of the molecule is c1cc(N2CCCCC(N3CCCC3)C2)c2sccc2n1. The van der Waals surface area contributed by atoms with E-state index in [0.717, 1.165) is 11.6 Å². The quantitative estimate of drug-likeness (QED) is 0.842. The zero-order valence-electron chi connectivity index (χ0n) is 12.5. The van der Waals surface area contributed by atoms with Gasteiger partial charge in [-0.15, -0.1) is 11.3 Å². The lowest BCUT2D eigenvalue weighted by atomic mass is 10.1. The predicted octanol–water partition coefficient (Wildman–Crippen LogP) is 3.75. The molecular weight excluding hydrogens is 278 g/mol. The Balaban J connectivity index is 1.62. The summed E-state index contributed by atoms with van der Waals surface area (Å²) in [5.74, 6) is 0. The molecule has 4 rings (SSSR count). The number of nitrogens with zero attached hydrogens (tertiary/aromatic N) is 3. The lowest BCUT2D eigenvalue weighted by Gasteiger charge is -2.32. The summed E-state index contributed by atoms with van der Waals surface area (Å²) in [6.45, 7) is 5.00. The molecule has 2 aromatic heterocycles. The van der Waals surface area contributed by atoms with E-state index in [1.165, 1.54) is 68.7 Å². The van der Waals surface area contributed by atoms with Crippen LogP contribution in [-0.4, -0.2) is 42.1 Å². The van der Waals surface area contributed by atoms with Crippen molar-refractivity contribution in [2.75, 3.05) is 31.1 Å². The van der Waals surface area contributed by atoms with Crippen LogP contribution in [0.3, 0.4) is 0 Å². The fourth-order valence-electron chi connectivity index (χ4n) is 3.85. The maximum atomic E-state index is 4.49. The van der Waals surface area contributed by atoms with Crippen molar-refractivity contribution in [3.8, 4) is 0 Å². The molecule has 0 spiro atoms. The molecule has 21 heavy (non-hydrogen) atoms. The summed E-state index contributed by atoms with van der Waals surface area (Å²) >= 11 is 1.83. The Labute approximate surface area is 130 Å². The molecule has 0 N–H and O–H groups in total. The zero-order valence-corrected chi connectivity index (χ0v) is 13.3. The highest BCUT2D eigenvalue weighted by molar-refractivity contribution is 7.17. The smallest absolute Gasteiger partial charge is 0.0830 e. The number of likely N-dealkylation sites (tertiary alicyclic amines) is 1. The van der Waals surface area contributed by atoms with Crippen LogP contribution >= 0.6 is 11.3 Å². The van der Waals surface area contributed by atoms with E-state index in [0.29, 0.717) is 0 Å². The summed E-state index contributed by atoms with van der Waals surface area (Å²) in [4.78, 5) is 9.84. The third-order valence-electron chi connectivity index (χ3n) is 4.97. The molecule has 2 aromatic rings. The van der Waals surface area contributed by atoms with Crippen molar-refractivity contribution < 1.29 is 0 Å². The van der Waals surface area contributed by atoms with Gasteiger partial charge in [0, 0.05) is 25.3 Å². The predicted molar refractivity (Wildman–Crippen MR) is 90.3 cm³/mol. The normalized spacial score (nSPS) is 24.6. The lowest BCUT2D eigenvalue weighted by molar-refractivity contribution is 0.237. The van der Waals surface area contributed by atoms with E-state index in [4.69, 9.17) is 0 Å². The van der Waals surface area contributed by atoms with Crippen molar-refractivity contribution in [2.24, 2.45) is 0 Å². The van der Waals surface area contributed by atoms with Crippen molar-refractivity contribution in [3.05, 3.63) is 23.7 Å². The molecule has 1 atom stereocenters. The highest BCUT2D eigenvalue weighted by Crippen LogP contribution is 2.32. The van der Waals surface area contributed by atoms with Gasteiger partial charge in [-0.3, -0.25) is 9.88 Å². The number of thiophene rings is 1. The van der Waals surface area contributed by atoms with E-state index >= 15 is 0 Å². The van der Waals surface area contributed by atoms with Gasteiger partial charge < -0.3 is 4.90 Å². The van der Waals surface area contributed by atoms with E-state index in [1.54, 1.807) is 0 Å². The topological polar surface area (TPSA) is 19.4 Å². The van der Waals surface area contributed by atoms with Gasteiger partial charge in [0.2, 0.25) is 0 Å². The Morgan fingerprint density at radius 3 is 2.81 bits per heavy atom. The van der Waals surface area contributed by atoms with Gasteiger partial charge in [-0.05, 0) is 56.3 Å². The lowest BCUT2D eigenvalue weighted by Crippen LogP contribution is -2.41. The zero-order chi connectivity index (χ0) is 14.1. The number of hydrogen-bond donors (Lipinski definition) is 0. The number of fused-ring (bicyclic) bond motifs is 1. The molecule has 0 aromatic carbocycles. The molecule has 0 aliphatic carbocycles. The first-order valence-electron chi connectivity index (χ1n) is 8.23. The van der Waals surface area contributed by atoms with Gasteiger partial charge in [0.15, 0.2) is 0 Å². The van der Waals surface area contributed by atoms with Gasteiger partial charge in [0.05, 0.1) is 15.9 Å². The molecule has 0 bridgehead atoms. The summed E-state index contributed by atoms with van der Waals surface area (Å²) in [5.41, 5.74) is 2.56. The number of hydrogen-bond acceptors (Lipinski definition) is 4. The minimum atomic E-state index is 0.748. The molecule has 0 saturated carbocycles. The first-order valence-corrected chi connectivity index (χ1v) is 9.11. The Bertz CT molecular complexity index is 603. The number of rotatable bonds is 2. The van der Waals surface area contributed by atoms with Gasteiger partial charge in [-0.2, -0.15) is 0 Å². The maximum Gasteiger partial charge on any atom is 0.0830 e. The van der Waals surface area contributed by atoms with Crippen molar-refractivity contribution in [1.82, 2.24) is 9.88 Å². The number of pyridine rings is 1. The number of anilines is 1. The van der Waals surface area contributed by atoms with Crippen molar-refractivity contribution in [2.45, 2.75) is 38.1 Å². The second-order valence-corrected chi connectivity index (χ2v) is 7.22. The first kappa shape index (κ1) is 13.5. The van der Waals surface area contributed by atoms with Crippen molar-refractivity contribution in [3.63, 3.8) is 0 Å². The maximum absolute atomic E-state index is 4.49. The van der Waals surface area contributed by atoms with E-state index in [1.807, 2.05) is 17.5 Å². The Kier molecular flexibility index (Phi) is 3.82. The Morgan fingerprint density at radius 2 is 1.90 bits per heavy atom. The van der Waals surface area contributed by atoms with Gasteiger partial charge in [0.25, 0.3) is 0 Å². The van der Waals surface area contributed by atoms with Crippen LogP contribution in [-0.2, 0) is 0 Å². The Hall–Kier alpha value is -1.13. The van der Waals surface area contributed by atoms with Crippen LogP contribution < -0.4 is 4.90 Å². The molecule has 2 saturated heterocycles. The molecule has 2 fully saturated rings. The van der Waals surface area contributed by atoms with Crippen LogP contribution in [0.5, 0.6) is 0 Å². The monoisotopic (exact) mass is 301 g/mol. The second kappa shape index (κ2) is 5.93. The molecule has 4 heteroatoms. The van der Waals surface area contributed by atoms with E-state index < -0.39 is 0 Å². The standard InChI is InChI=1S/C17H23N3S/c1-2-11-20(13-14(5-1)19-9-3-4-10-19)16-6-8-18-15-7-12-21-17(15)16/h6-8,12,14H,1-5,9-11,13H2. The van der Waals surface area contributed by atoms with Gasteiger partial charge in [0.1, 0.15) is 0 Å². The third-order valence-corrected chi connectivity index (χ3v) is 5.89. The molecule has 0 amide bonds. The van der Waals surface area contributed by atoms with Gasteiger partial charge >= 0.3 is 0 Å². The average Bonchev–Trinajstić information content (AvgIpc) is 3.14. The molecule has 2 aliphatic heterocycles. The molecular formula is C17H23N3S. The van der Waals surface area contributed by atoms with E-state index in [2.05, 4.69) is 32.3 Å². The van der Waals surface area contributed by atoms with E-state index in [9.17, 15) is 0 Å². The molecule has 4 heterocycles. The largest absolute Gasteiger partial charge is 0.369 e. The molecule has 1 unspecified atom stereocenters. The fraction of sp³-hybridized carbons (Fsp3) is 0.588. The van der Waals surface area contributed by atoms with Gasteiger partial charge in [-0.25, -0.2) is 0 Å².